The molecule has 0 radical (unpaired) electrons. The van der Waals surface area contributed by atoms with Gasteiger partial charge in [-0.2, -0.15) is 0 Å². The van der Waals surface area contributed by atoms with Crippen LogP contribution in [0.15, 0.2) is 29.4 Å². The maximum atomic E-state index is 8.44. The Kier molecular flexibility index (Phi) is 4.70. The number of hydrogen-bond donors (Lipinski definition) is 1. The molecular formula is C14H23NO2Si. The summed E-state index contributed by atoms with van der Waals surface area (Å²) in [6.45, 7) is 11.9. The second-order valence-corrected chi connectivity index (χ2v) is 10.8. The summed E-state index contributed by atoms with van der Waals surface area (Å²) in [5, 5.41) is 11.7. The third-order valence-electron chi connectivity index (χ3n) is 3.59. The molecule has 0 amide bonds. The van der Waals surface area contributed by atoms with Gasteiger partial charge >= 0.3 is 0 Å². The van der Waals surface area contributed by atoms with Gasteiger partial charge in [-0.1, -0.05) is 50.2 Å². The Labute approximate surface area is 111 Å². The molecule has 0 saturated carbocycles. The van der Waals surface area contributed by atoms with Gasteiger partial charge in [0.25, 0.3) is 0 Å². The fraction of sp³-hybridized carbons (Fsp3) is 0.500. The van der Waals surface area contributed by atoms with E-state index in [4.69, 9.17) is 9.63 Å². The van der Waals surface area contributed by atoms with Crippen LogP contribution in [0.25, 0.3) is 0 Å². The molecule has 0 aliphatic carbocycles. The molecular weight excluding hydrogens is 242 g/mol. The highest BCUT2D eigenvalue weighted by Crippen LogP contribution is 2.37. The van der Waals surface area contributed by atoms with Crippen LogP contribution in [-0.4, -0.2) is 19.7 Å². The SMILES string of the molecule is CC(C)(C)[Si](C)(C)OCc1ccc(C=NO)cc1. The van der Waals surface area contributed by atoms with Crippen molar-refractivity contribution in [3.63, 3.8) is 0 Å². The van der Waals surface area contributed by atoms with Gasteiger partial charge in [-0.25, -0.2) is 0 Å². The van der Waals surface area contributed by atoms with Crippen LogP contribution in [0.2, 0.25) is 18.1 Å². The number of nitrogens with zero attached hydrogens (tertiary/aromatic N) is 1. The van der Waals surface area contributed by atoms with Gasteiger partial charge in [0.15, 0.2) is 8.32 Å². The minimum Gasteiger partial charge on any atom is -0.413 e. The fourth-order valence-electron chi connectivity index (χ4n) is 1.25. The Morgan fingerprint density at radius 1 is 1.22 bits per heavy atom. The first-order valence-corrected chi connectivity index (χ1v) is 9.07. The molecule has 1 aromatic rings. The number of oxime groups is 1. The summed E-state index contributed by atoms with van der Waals surface area (Å²) in [7, 11) is -1.68. The summed E-state index contributed by atoms with van der Waals surface area (Å²) < 4.78 is 6.14. The van der Waals surface area contributed by atoms with E-state index in [1.54, 1.807) is 0 Å². The minimum absolute atomic E-state index is 0.233. The zero-order valence-electron chi connectivity index (χ0n) is 11.9. The van der Waals surface area contributed by atoms with Crippen LogP contribution < -0.4 is 0 Å². The van der Waals surface area contributed by atoms with E-state index < -0.39 is 8.32 Å². The van der Waals surface area contributed by atoms with E-state index in [-0.39, 0.29) is 5.04 Å². The molecule has 0 atom stereocenters. The molecule has 0 spiro atoms. The second-order valence-electron chi connectivity index (χ2n) is 6.04. The zero-order chi connectivity index (χ0) is 13.8. The molecule has 0 aliphatic heterocycles. The normalized spacial score (nSPS) is 13.2. The third-order valence-corrected chi connectivity index (χ3v) is 8.07. The lowest BCUT2D eigenvalue weighted by molar-refractivity contribution is 0.276. The number of benzene rings is 1. The molecule has 3 nitrogen and oxygen atoms in total. The van der Waals surface area contributed by atoms with Gasteiger partial charge in [0.05, 0.1) is 12.8 Å². The first kappa shape index (κ1) is 14.9. The van der Waals surface area contributed by atoms with E-state index in [1.165, 1.54) is 6.21 Å². The van der Waals surface area contributed by atoms with Gasteiger partial charge in [-0.3, -0.25) is 0 Å². The average molecular weight is 265 g/mol. The van der Waals surface area contributed by atoms with Crippen LogP contribution in [0.1, 0.15) is 31.9 Å². The summed E-state index contributed by atoms with van der Waals surface area (Å²) in [6.07, 6.45) is 1.42. The molecule has 0 aromatic heterocycles. The molecule has 0 saturated heterocycles. The molecule has 0 bridgehead atoms. The van der Waals surface area contributed by atoms with E-state index in [0.29, 0.717) is 6.61 Å². The molecule has 1 aromatic carbocycles. The molecule has 100 valence electrons. The standard InChI is InChI=1S/C14H23NO2Si/c1-14(2,3)18(4,5)17-11-13-8-6-12(7-9-13)10-15-16/h6-10,16H,11H2,1-5H3. The smallest absolute Gasteiger partial charge is 0.192 e. The van der Waals surface area contributed by atoms with Crippen molar-refractivity contribution in [2.75, 3.05) is 0 Å². The van der Waals surface area contributed by atoms with Crippen molar-refractivity contribution in [1.82, 2.24) is 0 Å². The predicted octanol–water partition coefficient (Wildman–Crippen LogP) is 4.02. The summed E-state index contributed by atoms with van der Waals surface area (Å²) in [5.41, 5.74) is 2.03. The van der Waals surface area contributed by atoms with Crippen LogP contribution in [0.3, 0.4) is 0 Å². The lowest BCUT2D eigenvalue weighted by Crippen LogP contribution is -2.40. The van der Waals surface area contributed by atoms with Crippen LogP contribution in [0, 0.1) is 0 Å². The molecule has 0 heterocycles. The number of hydrogen-bond acceptors (Lipinski definition) is 3. The van der Waals surface area contributed by atoms with E-state index in [2.05, 4.69) is 39.0 Å². The van der Waals surface area contributed by atoms with Gasteiger partial charge < -0.3 is 9.63 Å². The summed E-state index contributed by atoms with van der Waals surface area (Å²) in [5.74, 6) is 0. The monoisotopic (exact) mass is 265 g/mol. The zero-order valence-corrected chi connectivity index (χ0v) is 12.9. The quantitative estimate of drug-likeness (QED) is 0.387. The van der Waals surface area contributed by atoms with Gasteiger partial charge in [0.2, 0.25) is 0 Å². The largest absolute Gasteiger partial charge is 0.413 e. The van der Waals surface area contributed by atoms with Crippen LogP contribution in [0.4, 0.5) is 0 Å². The lowest BCUT2D eigenvalue weighted by Gasteiger charge is -2.36. The van der Waals surface area contributed by atoms with E-state index >= 15 is 0 Å². The Morgan fingerprint density at radius 2 is 1.78 bits per heavy atom. The van der Waals surface area contributed by atoms with Crippen molar-refractivity contribution in [2.24, 2.45) is 5.16 Å². The van der Waals surface area contributed by atoms with Crippen LogP contribution in [0.5, 0.6) is 0 Å². The predicted molar refractivity (Wildman–Crippen MR) is 77.8 cm³/mol. The summed E-state index contributed by atoms with van der Waals surface area (Å²) in [6, 6.07) is 7.85. The number of rotatable bonds is 4. The highest BCUT2D eigenvalue weighted by Gasteiger charge is 2.36. The first-order chi connectivity index (χ1) is 8.26. The van der Waals surface area contributed by atoms with E-state index in [0.717, 1.165) is 11.1 Å². The van der Waals surface area contributed by atoms with Crippen molar-refractivity contribution < 1.29 is 9.63 Å². The Hall–Kier alpha value is -1.13. The lowest BCUT2D eigenvalue weighted by atomic mass is 10.2. The molecule has 0 fully saturated rings. The summed E-state index contributed by atoms with van der Waals surface area (Å²) >= 11 is 0. The van der Waals surface area contributed by atoms with Crippen molar-refractivity contribution >= 4 is 14.5 Å². The van der Waals surface area contributed by atoms with Gasteiger partial charge in [-0.15, -0.1) is 0 Å². The Balaban J connectivity index is 2.64. The second kappa shape index (κ2) is 5.67. The molecule has 1 N–H and O–H groups in total. The Bertz CT molecular complexity index is 405. The van der Waals surface area contributed by atoms with Gasteiger partial charge in [0.1, 0.15) is 0 Å². The van der Waals surface area contributed by atoms with E-state index in [1.807, 2.05) is 24.3 Å². The van der Waals surface area contributed by atoms with Crippen LogP contribution >= 0.6 is 0 Å². The van der Waals surface area contributed by atoms with Gasteiger partial charge in [-0.05, 0) is 29.3 Å². The molecule has 1 rings (SSSR count). The highest BCUT2D eigenvalue weighted by atomic mass is 28.4. The third kappa shape index (κ3) is 3.96. The molecule has 0 aliphatic rings. The molecule has 0 unspecified atom stereocenters. The van der Waals surface area contributed by atoms with E-state index in [9.17, 15) is 0 Å². The first-order valence-electron chi connectivity index (χ1n) is 6.16. The summed E-state index contributed by atoms with van der Waals surface area (Å²) in [4.78, 5) is 0. The maximum Gasteiger partial charge on any atom is 0.192 e. The maximum absolute atomic E-state index is 8.44. The van der Waals surface area contributed by atoms with Gasteiger partial charge in [0, 0.05) is 0 Å². The van der Waals surface area contributed by atoms with Crippen LogP contribution in [-0.2, 0) is 11.0 Å². The minimum atomic E-state index is -1.68. The molecule has 18 heavy (non-hydrogen) atoms. The van der Waals surface area contributed by atoms with Crippen molar-refractivity contribution in [3.8, 4) is 0 Å². The van der Waals surface area contributed by atoms with Crippen molar-refractivity contribution in [1.29, 1.82) is 0 Å². The molecule has 4 heteroatoms. The topological polar surface area (TPSA) is 41.8 Å². The fourth-order valence-corrected chi connectivity index (χ4v) is 2.21. The average Bonchev–Trinajstić information content (AvgIpc) is 2.27. The Morgan fingerprint density at radius 3 is 2.22 bits per heavy atom. The van der Waals surface area contributed by atoms with Crippen molar-refractivity contribution in [2.45, 2.75) is 45.5 Å². The highest BCUT2D eigenvalue weighted by molar-refractivity contribution is 6.74. The van der Waals surface area contributed by atoms with Crippen molar-refractivity contribution in [3.05, 3.63) is 35.4 Å².